The number of rotatable bonds is 8. The van der Waals surface area contributed by atoms with Crippen molar-refractivity contribution in [2.24, 2.45) is 0 Å². The highest BCUT2D eigenvalue weighted by Crippen LogP contribution is 2.41. The number of halogens is 1. The number of piperazine rings is 1. The first kappa shape index (κ1) is 29.6. The van der Waals surface area contributed by atoms with E-state index in [1.807, 2.05) is 30.3 Å². The molecule has 4 aliphatic heterocycles. The summed E-state index contributed by atoms with van der Waals surface area (Å²) in [7, 11) is 1.54. The number of nitriles is 1. The summed E-state index contributed by atoms with van der Waals surface area (Å²) in [4.78, 5) is 18.8. The van der Waals surface area contributed by atoms with Gasteiger partial charge in [0.1, 0.15) is 29.4 Å². The van der Waals surface area contributed by atoms with Gasteiger partial charge in [-0.15, -0.1) is 6.42 Å². The molecule has 0 aliphatic carbocycles. The summed E-state index contributed by atoms with van der Waals surface area (Å²) in [6.07, 6.45) is 13.9. The standard InChI is InChI=1S/C36H34FN7O3/c1-3-22-7-4-8-23-14-26(47-21-45-2)15-27(30(22)23)32-31(37)33-28(17-39-32)34(43-18-25-13-24(16-38)29(19-43)40-25)42-35(41-33)46-20-36-9-5-11-44(36)12-6-10-36/h1,4,7-8,13-15,17,25,29,40H,5-6,9-12,18-21H2,2H3/t25-,29-/m1/s1. The molecule has 2 bridgehead atoms. The van der Waals surface area contributed by atoms with Crippen LogP contribution in [0.2, 0.25) is 0 Å². The molecular weight excluding hydrogens is 597 g/mol. The van der Waals surface area contributed by atoms with E-state index in [9.17, 15) is 5.26 Å². The van der Waals surface area contributed by atoms with Crippen LogP contribution < -0.4 is 19.7 Å². The number of nitrogens with one attached hydrogen (secondary N) is 1. The van der Waals surface area contributed by atoms with E-state index in [-0.39, 0.29) is 41.6 Å². The first-order valence-corrected chi connectivity index (χ1v) is 16.0. The highest BCUT2D eigenvalue weighted by molar-refractivity contribution is 6.03. The molecule has 47 heavy (non-hydrogen) atoms. The summed E-state index contributed by atoms with van der Waals surface area (Å²) in [5.41, 5.74) is 1.96. The molecule has 0 unspecified atom stereocenters. The van der Waals surface area contributed by atoms with Gasteiger partial charge in [-0.2, -0.15) is 15.2 Å². The number of anilines is 1. The average Bonchev–Trinajstić information content (AvgIpc) is 3.77. The molecule has 3 saturated heterocycles. The zero-order valence-electron chi connectivity index (χ0n) is 26.1. The first-order valence-electron chi connectivity index (χ1n) is 16.0. The van der Waals surface area contributed by atoms with Crippen molar-refractivity contribution < 1.29 is 18.6 Å². The lowest BCUT2D eigenvalue weighted by molar-refractivity contribution is 0.0512. The molecule has 2 aromatic carbocycles. The van der Waals surface area contributed by atoms with Crippen LogP contribution in [0.15, 0.2) is 48.2 Å². The summed E-state index contributed by atoms with van der Waals surface area (Å²) in [5, 5.41) is 15.1. The minimum atomic E-state index is -0.608. The smallest absolute Gasteiger partial charge is 0.319 e. The van der Waals surface area contributed by atoms with Gasteiger partial charge in [-0.3, -0.25) is 15.2 Å². The predicted octanol–water partition coefficient (Wildman–Crippen LogP) is 4.57. The van der Waals surface area contributed by atoms with Crippen LogP contribution in [0.3, 0.4) is 0 Å². The van der Waals surface area contributed by atoms with Crippen LogP contribution in [0, 0.1) is 29.5 Å². The van der Waals surface area contributed by atoms with Crippen LogP contribution in [0.5, 0.6) is 11.8 Å². The number of fused-ring (bicyclic) bond motifs is 5. The maximum absolute atomic E-state index is 17.0. The molecule has 4 aromatic rings. The SMILES string of the molecule is C#Cc1cccc2cc(OCOC)cc(-c3ncc4c(N5C[C@H]6C=C(C#N)[C@@H](C5)N6)nc(OCC56CCCN5CCC6)nc4c3F)c12. The van der Waals surface area contributed by atoms with Gasteiger partial charge < -0.3 is 19.1 Å². The zero-order valence-corrected chi connectivity index (χ0v) is 26.1. The van der Waals surface area contributed by atoms with Gasteiger partial charge in [0.25, 0.3) is 0 Å². The van der Waals surface area contributed by atoms with Crippen LogP contribution in [0.25, 0.3) is 32.9 Å². The maximum atomic E-state index is 17.0. The third kappa shape index (κ3) is 5.03. The Bertz CT molecular complexity index is 2010. The second kappa shape index (κ2) is 11.8. The number of aromatic nitrogens is 3. The first-order chi connectivity index (χ1) is 23.0. The summed E-state index contributed by atoms with van der Waals surface area (Å²) < 4.78 is 34.4. The van der Waals surface area contributed by atoms with Gasteiger partial charge >= 0.3 is 6.01 Å². The number of terminal acetylenes is 1. The monoisotopic (exact) mass is 631 g/mol. The lowest BCUT2D eigenvalue weighted by Gasteiger charge is -2.35. The number of pyridine rings is 1. The summed E-state index contributed by atoms with van der Waals surface area (Å²) in [6, 6.07) is 11.4. The zero-order chi connectivity index (χ0) is 32.1. The van der Waals surface area contributed by atoms with E-state index >= 15 is 4.39 Å². The molecule has 6 heterocycles. The number of benzene rings is 2. The molecule has 2 atom stereocenters. The van der Waals surface area contributed by atoms with Gasteiger partial charge in [0.05, 0.1) is 23.0 Å². The Balaban J connectivity index is 1.27. The quantitative estimate of drug-likeness (QED) is 0.220. The highest BCUT2D eigenvalue weighted by atomic mass is 19.1. The van der Waals surface area contributed by atoms with Gasteiger partial charge in [0, 0.05) is 54.5 Å². The Kier molecular flexibility index (Phi) is 7.41. The van der Waals surface area contributed by atoms with E-state index in [0.29, 0.717) is 58.7 Å². The lowest BCUT2D eigenvalue weighted by Crippen LogP contribution is -2.52. The van der Waals surface area contributed by atoms with Crippen LogP contribution in [-0.4, -0.2) is 84.2 Å². The van der Waals surface area contributed by atoms with Crippen molar-refractivity contribution in [3.63, 3.8) is 0 Å². The second-order valence-electron chi connectivity index (χ2n) is 12.8. The van der Waals surface area contributed by atoms with Crippen molar-refractivity contribution in [1.82, 2.24) is 25.2 Å². The van der Waals surface area contributed by atoms with E-state index in [1.54, 1.807) is 12.3 Å². The highest BCUT2D eigenvalue weighted by Gasteiger charge is 2.45. The number of hydrogen-bond donors (Lipinski definition) is 1. The minimum Gasteiger partial charge on any atom is -0.468 e. The van der Waals surface area contributed by atoms with Gasteiger partial charge in [-0.25, -0.2) is 4.39 Å². The Morgan fingerprint density at radius 1 is 1.15 bits per heavy atom. The Labute approximate surface area is 272 Å². The second-order valence-corrected chi connectivity index (χ2v) is 12.8. The molecule has 1 N–H and O–H groups in total. The fourth-order valence-electron chi connectivity index (χ4n) is 7.90. The molecule has 8 rings (SSSR count). The Hall–Kier alpha value is -4.81. The fourth-order valence-corrected chi connectivity index (χ4v) is 7.90. The van der Waals surface area contributed by atoms with Gasteiger partial charge in [0.2, 0.25) is 0 Å². The Morgan fingerprint density at radius 2 is 2.00 bits per heavy atom. The summed E-state index contributed by atoms with van der Waals surface area (Å²) in [6.45, 7) is 3.66. The molecule has 0 radical (unpaired) electrons. The third-order valence-electron chi connectivity index (χ3n) is 10.0. The molecule has 238 valence electrons. The van der Waals surface area contributed by atoms with Crippen LogP contribution >= 0.6 is 0 Å². The summed E-state index contributed by atoms with van der Waals surface area (Å²) in [5.74, 6) is 3.16. The number of hydrogen-bond acceptors (Lipinski definition) is 10. The molecule has 0 spiro atoms. The Morgan fingerprint density at radius 3 is 2.79 bits per heavy atom. The van der Waals surface area contributed by atoms with E-state index in [1.165, 1.54) is 7.11 Å². The lowest BCUT2D eigenvalue weighted by atomic mass is 9.95. The fraction of sp³-hybridized carbons (Fsp3) is 0.389. The normalized spacial score (nSPS) is 21.4. The van der Waals surface area contributed by atoms with Crippen molar-refractivity contribution in [2.45, 2.75) is 43.3 Å². The molecule has 2 aromatic heterocycles. The maximum Gasteiger partial charge on any atom is 0.319 e. The number of ether oxygens (including phenoxy) is 3. The molecule has 0 saturated carbocycles. The number of nitrogens with zero attached hydrogens (tertiary/aromatic N) is 6. The van der Waals surface area contributed by atoms with Crippen molar-refractivity contribution in [1.29, 1.82) is 5.26 Å². The molecule has 0 amide bonds. The van der Waals surface area contributed by atoms with Crippen molar-refractivity contribution >= 4 is 27.5 Å². The van der Waals surface area contributed by atoms with E-state index < -0.39 is 5.82 Å². The van der Waals surface area contributed by atoms with Crippen LogP contribution in [0.4, 0.5) is 10.2 Å². The predicted molar refractivity (Wildman–Crippen MR) is 176 cm³/mol. The summed E-state index contributed by atoms with van der Waals surface area (Å²) >= 11 is 0. The van der Waals surface area contributed by atoms with Crippen molar-refractivity contribution in [3.8, 4) is 41.4 Å². The van der Waals surface area contributed by atoms with Crippen LogP contribution in [-0.2, 0) is 4.74 Å². The molecule has 11 heteroatoms. The minimum absolute atomic E-state index is 0.0253. The molecular formula is C36H34FN7O3. The van der Waals surface area contributed by atoms with Gasteiger partial charge in [-0.05, 0) is 62.4 Å². The number of methoxy groups -OCH3 is 1. The van der Waals surface area contributed by atoms with Crippen molar-refractivity contribution in [2.75, 3.05) is 51.6 Å². The topological polar surface area (TPSA) is 109 Å². The van der Waals surface area contributed by atoms with Gasteiger partial charge in [0.15, 0.2) is 12.6 Å². The third-order valence-corrected chi connectivity index (χ3v) is 10.0. The van der Waals surface area contributed by atoms with E-state index in [2.05, 4.69) is 32.1 Å². The van der Waals surface area contributed by atoms with E-state index in [4.69, 9.17) is 30.6 Å². The molecule has 3 fully saturated rings. The van der Waals surface area contributed by atoms with E-state index in [0.717, 1.165) is 44.2 Å². The molecule has 10 nitrogen and oxygen atoms in total. The van der Waals surface area contributed by atoms with Crippen molar-refractivity contribution in [3.05, 3.63) is 59.6 Å². The van der Waals surface area contributed by atoms with Crippen LogP contribution in [0.1, 0.15) is 31.2 Å². The van der Waals surface area contributed by atoms with Gasteiger partial charge in [-0.1, -0.05) is 24.1 Å². The molecule has 4 aliphatic rings. The largest absolute Gasteiger partial charge is 0.468 e. The average molecular weight is 632 g/mol.